The normalized spacial score (nSPS) is 10.9. The van der Waals surface area contributed by atoms with Gasteiger partial charge >= 0.3 is 0 Å². The van der Waals surface area contributed by atoms with Crippen molar-refractivity contribution in [3.63, 3.8) is 0 Å². The molecule has 0 radical (unpaired) electrons. The molecule has 9 heteroatoms. The van der Waals surface area contributed by atoms with Crippen LogP contribution in [-0.2, 0) is 22.7 Å². The SMILES string of the molecule is Cc1sc2ncn(CCC(=O)NCC(=O)NCc3ccco3)c(=O)c2c1C. The number of thiophene rings is 1. The van der Waals surface area contributed by atoms with Crippen molar-refractivity contribution in [2.24, 2.45) is 0 Å². The summed E-state index contributed by atoms with van der Waals surface area (Å²) in [5.41, 5.74) is 0.783. The van der Waals surface area contributed by atoms with Gasteiger partial charge in [-0.2, -0.15) is 0 Å². The number of nitrogens with one attached hydrogen (secondary N) is 2. The fraction of sp³-hybridized carbons (Fsp3) is 0.333. The number of hydrogen-bond donors (Lipinski definition) is 2. The van der Waals surface area contributed by atoms with E-state index in [0.29, 0.717) is 16.0 Å². The third-order valence-corrected chi connectivity index (χ3v) is 5.34. The molecule has 0 spiro atoms. The number of carbonyl (C=O) groups excluding carboxylic acids is 2. The number of carbonyl (C=O) groups is 2. The lowest BCUT2D eigenvalue weighted by Gasteiger charge is -2.07. The molecule has 0 bridgehead atoms. The average molecular weight is 388 g/mol. The molecule has 142 valence electrons. The Morgan fingerprint density at radius 3 is 2.81 bits per heavy atom. The zero-order valence-corrected chi connectivity index (χ0v) is 15.9. The lowest BCUT2D eigenvalue weighted by atomic mass is 10.2. The molecule has 0 unspecified atom stereocenters. The molecule has 0 aliphatic heterocycles. The van der Waals surface area contributed by atoms with Crippen molar-refractivity contribution in [3.8, 4) is 0 Å². The molecule has 0 aliphatic rings. The molecular weight excluding hydrogens is 368 g/mol. The minimum absolute atomic E-state index is 0.0841. The van der Waals surface area contributed by atoms with Gasteiger partial charge in [-0.1, -0.05) is 0 Å². The lowest BCUT2D eigenvalue weighted by Crippen LogP contribution is -2.37. The van der Waals surface area contributed by atoms with Crippen LogP contribution >= 0.6 is 11.3 Å². The zero-order chi connectivity index (χ0) is 19.4. The maximum atomic E-state index is 12.6. The summed E-state index contributed by atoms with van der Waals surface area (Å²) in [6, 6.07) is 3.48. The van der Waals surface area contributed by atoms with E-state index in [1.54, 1.807) is 12.1 Å². The van der Waals surface area contributed by atoms with Crippen LogP contribution in [0.2, 0.25) is 0 Å². The van der Waals surface area contributed by atoms with Crippen molar-refractivity contribution < 1.29 is 14.0 Å². The third kappa shape index (κ3) is 4.43. The number of hydrogen-bond acceptors (Lipinski definition) is 6. The summed E-state index contributed by atoms with van der Waals surface area (Å²) in [6.45, 7) is 4.19. The van der Waals surface area contributed by atoms with Crippen LogP contribution in [0, 0.1) is 13.8 Å². The van der Waals surface area contributed by atoms with E-state index in [9.17, 15) is 14.4 Å². The van der Waals surface area contributed by atoms with Gasteiger partial charge in [0.2, 0.25) is 11.8 Å². The minimum atomic E-state index is -0.315. The zero-order valence-electron chi connectivity index (χ0n) is 15.1. The molecule has 0 fully saturated rings. The van der Waals surface area contributed by atoms with Gasteiger partial charge in [0.1, 0.15) is 10.6 Å². The fourth-order valence-electron chi connectivity index (χ4n) is 2.58. The standard InChI is InChI=1S/C18H20N4O4S/c1-11-12(2)27-17-16(11)18(25)22(10-21-17)6-5-14(23)20-9-15(24)19-8-13-4-3-7-26-13/h3-4,7,10H,5-6,8-9H2,1-2H3,(H,19,24)(H,20,23). The molecule has 0 atom stereocenters. The molecule has 0 saturated heterocycles. The molecule has 0 aromatic carbocycles. The van der Waals surface area contributed by atoms with Crippen molar-refractivity contribution in [1.82, 2.24) is 20.2 Å². The fourth-order valence-corrected chi connectivity index (χ4v) is 3.57. The summed E-state index contributed by atoms with van der Waals surface area (Å²) >= 11 is 1.49. The third-order valence-electron chi connectivity index (χ3n) is 4.22. The predicted octanol–water partition coefficient (Wildman–Crippen LogP) is 1.49. The van der Waals surface area contributed by atoms with Crippen molar-refractivity contribution in [2.45, 2.75) is 33.4 Å². The Morgan fingerprint density at radius 2 is 2.07 bits per heavy atom. The monoisotopic (exact) mass is 388 g/mol. The Kier molecular flexibility index (Phi) is 5.70. The topological polar surface area (TPSA) is 106 Å². The van der Waals surface area contributed by atoms with E-state index in [4.69, 9.17) is 4.42 Å². The van der Waals surface area contributed by atoms with Gasteiger partial charge in [0, 0.05) is 17.8 Å². The molecular formula is C18H20N4O4S. The van der Waals surface area contributed by atoms with Crippen molar-refractivity contribution in [2.75, 3.05) is 6.54 Å². The number of aryl methyl sites for hydroxylation is 3. The van der Waals surface area contributed by atoms with Crippen molar-refractivity contribution in [1.29, 1.82) is 0 Å². The summed E-state index contributed by atoms with van der Waals surface area (Å²) in [6.07, 6.45) is 3.07. The average Bonchev–Trinajstić information content (AvgIpc) is 3.26. The van der Waals surface area contributed by atoms with Gasteiger partial charge in [0.25, 0.3) is 5.56 Å². The Bertz CT molecular complexity index is 1020. The highest BCUT2D eigenvalue weighted by Crippen LogP contribution is 2.25. The number of aromatic nitrogens is 2. The van der Waals surface area contributed by atoms with Crippen LogP contribution < -0.4 is 16.2 Å². The molecule has 3 aromatic heterocycles. The molecule has 3 rings (SSSR count). The summed E-state index contributed by atoms with van der Waals surface area (Å²) in [4.78, 5) is 42.3. The second kappa shape index (κ2) is 8.17. The van der Waals surface area contributed by atoms with Crippen LogP contribution in [0.25, 0.3) is 10.2 Å². The van der Waals surface area contributed by atoms with E-state index in [0.717, 1.165) is 10.4 Å². The van der Waals surface area contributed by atoms with Gasteiger partial charge in [-0.3, -0.25) is 19.0 Å². The van der Waals surface area contributed by atoms with Gasteiger partial charge in [-0.25, -0.2) is 4.98 Å². The minimum Gasteiger partial charge on any atom is -0.467 e. The summed E-state index contributed by atoms with van der Waals surface area (Å²) in [7, 11) is 0. The van der Waals surface area contributed by atoms with Gasteiger partial charge < -0.3 is 15.1 Å². The maximum absolute atomic E-state index is 12.6. The van der Waals surface area contributed by atoms with E-state index in [1.807, 2.05) is 13.8 Å². The molecule has 0 aliphatic carbocycles. The first-order valence-electron chi connectivity index (χ1n) is 8.46. The molecule has 8 nitrogen and oxygen atoms in total. The summed E-state index contributed by atoms with van der Waals surface area (Å²) in [5, 5.41) is 5.79. The van der Waals surface area contributed by atoms with Crippen LogP contribution in [0.1, 0.15) is 22.6 Å². The smallest absolute Gasteiger partial charge is 0.262 e. The molecule has 3 heterocycles. The van der Waals surface area contributed by atoms with Crippen LogP contribution in [0.5, 0.6) is 0 Å². The van der Waals surface area contributed by atoms with Crippen LogP contribution in [0.15, 0.2) is 33.9 Å². The first kappa shape index (κ1) is 18.8. The predicted molar refractivity (Wildman–Crippen MR) is 102 cm³/mol. The Labute approximate surface area is 159 Å². The van der Waals surface area contributed by atoms with E-state index in [1.165, 1.54) is 28.5 Å². The van der Waals surface area contributed by atoms with Crippen molar-refractivity contribution in [3.05, 3.63) is 51.3 Å². The van der Waals surface area contributed by atoms with Crippen LogP contribution in [0.3, 0.4) is 0 Å². The first-order valence-corrected chi connectivity index (χ1v) is 9.28. The van der Waals surface area contributed by atoms with E-state index < -0.39 is 0 Å². The highest BCUT2D eigenvalue weighted by molar-refractivity contribution is 7.18. The van der Waals surface area contributed by atoms with Crippen LogP contribution in [0.4, 0.5) is 0 Å². The molecule has 0 saturated carbocycles. The number of nitrogens with zero attached hydrogens (tertiary/aromatic N) is 2. The van der Waals surface area contributed by atoms with E-state index in [2.05, 4.69) is 15.6 Å². The molecule has 3 aromatic rings. The Hall–Kier alpha value is -2.94. The van der Waals surface area contributed by atoms with Gasteiger partial charge in [0.15, 0.2) is 0 Å². The first-order chi connectivity index (χ1) is 13.0. The van der Waals surface area contributed by atoms with Crippen molar-refractivity contribution >= 4 is 33.4 Å². The molecule has 2 amide bonds. The number of furan rings is 1. The molecule has 2 N–H and O–H groups in total. The van der Waals surface area contributed by atoms with Gasteiger partial charge in [-0.05, 0) is 31.5 Å². The van der Waals surface area contributed by atoms with Gasteiger partial charge in [-0.15, -0.1) is 11.3 Å². The highest BCUT2D eigenvalue weighted by Gasteiger charge is 2.13. The lowest BCUT2D eigenvalue weighted by molar-refractivity contribution is -0.126. The molecule has 27 heavy (non-hydrogen) atoms. The highest BCUT2D eigenvalue weighted by atomic mass is 32.1. The quantitative estimate of drug-likeness (QED) is 0.638. The maximum Gasteiger partial charge on any atom is 0.262 e. The number of amides is 2. The Balaban J connectivity index is 1.49. The van der Waals surface area contributed by atoms with E-state index >= 15 is 0 Å². The summed E-state index contributed by atoms with van der Waals surface area (Å²) < 4.78 is 6.54. The number of rotatable bonds is 7. The Morgan fingerprint density at radius 1 is 1.26 bits per heavy atom. The van der Waals surface area contributed by atoms with Gasteiger partial charge in [0.05, 0.1) is 31.1 Å². The van der Waals surface area contributed by atoms with Crippen LogP contribution in [-0.4, -0.2) is 27.9 Å². The van der Waals surface area contributed by atoms with E-state index in [-0.39, 0.29) is 43.4 Å². The second-order valence-corrected chi connectivity index (χ2v) is 7.29. The number of fused-ring (bicyclic) bond motifs is 1. The summed E-state index contributed by atoms with van der Waals surface area (Å²) in [5.74, 6) is 0.00801. The largest absolute Gasteiger partial charge is 0.467 e. The second-order valence-electron chi connectivity index (χ2n) is 6.09.